The fraction of sp³-hybridized carbons (Fsp3) is 0.900. The molecule has 1 atom stereocenters. The first-order valence-electron chi connectivity index (χ1n) is 5.42. The van der Waals surface area contributed by atoms with Gasteiger partial charge in [-0.25, -0.2) is 4.79 Å². The van der Waals surface area contributed by atoms with Crippen molar-refractivity contribution < 1.29 is 41.0 Å². The van der Waals surface area contributed by atoms with E-state index in [4.69, 9.17) is 5.11 Å². The summed E-state index contributed by atoms with van der Waals surface area (Å²) >= 11 is 0. The Bertz CT molecular complexity index is 319. The van der Waals surface area contributed by atoms with Crippen LogP contribution >= 0.6 is 0 Å². The van der Waals surface area contributed by atoms with E-state index in [1.54, 1.807) is 0 Å². The molecule has 0 saturated carbocycles. The van der Waals surface area contributed by atoms with Gasteiger partial charge in [0.15, 0.2) is 5.92 Å². The van der Waals surface area contributed by atoms with Gasteiger partial charge in [-0.15, -0.1) is 0 Å². The molecule has 4 nitrogen and oxygen atoms in total. The summed E-state index contributed by atoms with van der Waals surface area (Å²) in [5, 5.41) is 10.1. The number of carbonyl (C=O) groups excluding carboxylic acids is 1. The molecule has 0 aromatic rings. The van der Waals surface area contributed by atoms with Crippen LogP contribution in [-0.4, -0.2) is 41.8 Å². The van der Waals surface area contributed by atoms with Crippen LogP contribution in [0.1, 0.15) is 20.8 Å². The van der Waals surface area contributed by atoms with Crippen LogP contribution < -0.4 is 5.32 Å². The summed E-state index contributed by atoms with van der Waals surface area (Å²) < 4.78 is 79.1. The molecule has 0 radical (unpaired) electrons. The van der Waals surface area contributed by atoms with E-state index in [2.05, 4.69) is 4.74 Å². The molecule has 120 valence electrons. The van der Waals surface area contributed by atoms with Crippen LogP contribution in [0, 0.1) is 5.92 Å². The number of ether oxygens (including phenoxy) is 1. The Kier molecular flexibility index (Phi) is 5.70. The van der Waals surface area contributed by atoms with E-state index >= 15 is 0 Å². The first-order valence-corrected chi connectivity index (χ1v) is 5.42. The van der Waals surface area contributed by atoms with E-state index in [1.807, 2.05) is 0 Å². The van der Waals surface area contributed by atoms with Crippen LogP contribution in [0.15, 0.2) is 0 Å². The molecule has 0 aliphatic carbocycles. The van der Waals surface area contributed by atoms with E-state index < -0.39 is 42.6 Å². The summed E-state index contributed by atoms with van der Waals surface area (Å²) in [7, 11) is 0. The van der Waals surface area contributed by atoms with E-state index in [0.29, 0.717) is 0 Å². The molecule has 0 aliphatic heterocycles. The number of nitrogens with one attached hydrogen (secondary N) is 1. The Morgan fingerprint density at radius 1 is 1.10 bits per heavy atom. The molecule has 0 aromatic carbocycles. The van der Waals surface area contributed by atoms with Crippen molar-refractivity contribution in [3.63, 3.8) is 0 Å². The number of rotatable bonds is 3. The normalized spacial score (nSPS) is 15.2. The molecular formula is C10H15F6NO3. The summed E-state index contributed by atoms with van der Waals surface area (Å²) in [5.41, 5.74) is -1.10. The van der Waals surface area contributed by atoms with Gasteiger partial charge in [0.1, 0.15) is 5.60 Å². The number of hydrogen-bond acceptors (Lipinski definition) is 3. The highest BCUT2D eigenvalue weighted by atomic mass is 19.4. The van der Waals surface area contributed by atoms with Gasteiger partial charge >= 0.3 is 18.4 Å². The van der Waals surface area contributed by atoms with Gasteiger partial charge in [0.25, 0.3) is 0 Å². The molecule has 0 unspecified atom stereocenters. The number of hydrogen-bond donors (Lipinski definition) is 2. The molecule has 10 heteroatoms. The predicted molar refractivity (Wildman–Crippen MR) is 55.8 cm³/mol. The monoisotopic (exact) mass is 311 g/mol. The molecule has 0 bridgehead atoms. The SMILES string of the molecule is CC(C)(C)OC(=O)N[C@H](CO)C(C(F)(F)F)C(F)(F)F. The van der Waals surface area contributed by atoms with Gasteiger partial charge in [0, 0.05) is 0 Å². The summed E-state index contributed by atoms with van der Waals surface area (Å²) in [4.78, 5) is 11.2. The molecule has 0 fully saturated rings. The Labute approximate surface area is 111 Å². The van der Waals surface area contributed by atoms with Gasteiger partial charge in [-0.2, -0.15) is 26.3 Å². The van der Waals surface area contributed by atoms with E-state index in [-0.39, 0.29) is 0 Å². The van der Waals surface area contributed by atoms with Gasteiger partial charge in [-0.3, -0.25) is 0 Å². The van der Waals surface area contributed by atoms with Crippen LogP contribution in [0.5, 0.6) is 0 Å². The second-order valence-electron chi connectivity index (χ2n) is 5.00. The van der Waals surface area contributed by atoms with Gasteiger partial charge in [0.2, 0.25) is 0 Å². The number of alkyl halides is 6. The molecular weight excluding hydrogens is 296 g/mol. The topological polar surface area (TPSA) is 58.6 Å². The molecule has 0 saturated heterocycles. The zero-order valence-corrected chi connectivity index (χ0v) is 10.9. The molecule has 0 aliphatic rings. The minimum atomic E-state index is -5.67. The number of aliphatic hydroxyl groups excluding tert-OH is 1. The Morgan fingerprint density at radius 2 is 1.50 bits per heavy atom. The first-order chi connectivity index (χ1) is 8.68. The van der Waals surface area contributed by atoms with Crippen molar-refractivity contribution in [3.05, 3.63) is 0 Å². The molecule has 0 spiro atoms. The second kappa shape index (κ2) is 6.06. The number of carbonyl (C=O) groups is 1. The zero-order chi connectivity index (χ0) is 16.4. The number of alkyl carbamates (subject to hydrolysis) is 1. The number of amides is 1. The second-order valence-corrected chi connectivity index (χ2v) is 5.00. The standard InChI is InChI=1S/C10H15F6NO3/c1-8(2,3)20-7(19)17-5(4-18)6(9(11,12)13)10(14,15)16/h5-6,18H,4H2,1-3H3,(H,17,19)/t5-/m1/s1. The van der Waals surface area contributed by atoms with Crippen molar-refractivity contribution in [3.8, 4) is 0 Å². The molecule has 0 rings (SSSR count). The molecule has 1 amide bonds. The summed E-state index contributed by atoms with van der Waals surface area (Å²) in [6.45, 7) is 2.60. The Hall–Kier alpha value is -1.19. The van der Waals surface area contributed by atoms with E-state index in [9.17, 15) is 31.1 Å². The average molecular weight is 311 g/mol. The lowest BCUT2D eigenvalue weighted by Crippen LogP contribution is -2.54. The summed E-state index contributed by atoms with van der Waals surface area (Å²) in [5.74, 6) is -3.88. The Morgan fingerprint density at radius 3 is 1.75 bits per heavy atom. The predicted octanol–water partition coefficient (Wildman–Crippen LogP) is 2.61. The maximum atomic E-state index is 12.4. The van der Waals surface area contributed by atoms with Crippen LogP contribution in [0.2, 0.25) is 0 Å². The van der Waals surface area contributed by atoms with Gasteiger partial charge in [-0.05, 0) is 20.8 Å². The van der Waals surface area contributed by atoms with Crippen molar-refractivity contribution >= 4 is 6.09 Å². The fourth-order valence-corrected chi connectivity index (χ4v) is 1.34. The van der Waals surface area contributed by atoms with Crippen molar-refractivity contribution in [1.29, 1.82) is 0 Å². The lowest BCUT2D eigenvalue weighted by molar-refractivity contribution is -0.292. The third kappa shape index (κ3) is 6.31. The average Bonchev–Trinajstić information content (AvgIpc) is 2.08. The van der Waals surface area contributed by atoms with Crippen LogP contribution in [0.25, 0.3) is 0 Å². The van der Waals surface area contributed by atoms with Crippen molar-refractivity contribution in [2.45, 2.75) is 44.8 Å². The number of aliphatic hydroxyl groups is 1. The highest BCUT2D eigenvalue weighted by Crippen LogP contribution is 2.41. The smallest absolute Gasteiger partial charge is 0.407 e. The molecule has 0 aromatic heterocycles. The van der Waals surface area contributed by atoms with Gasteiger partial charge in [0.05, 0.1) is 12.6 Å². The highest BCUT2D eigenvalue weighted by Gasteiger charge is 2.60. The van der Waals surface area contributed by atoms with E-state index in [0.717, 1.165) is 0 Å². The lowest BCUT2D eigenvalue weighted by atomic mass is 9.99. The fourth-order valence-electron chi connectivity index (χ4n) is 1.34. The van der Waals surface area contributed by atoms with Gasteiger partial charge in [-0.1, -0.05) is 0 Å². The minimum absolute atomic E-state index is 1.10. The quantitative estimate of drug-likeness (QED) is 0.788. The van der Waals surface area contributed by atoms with Crippen LogP contribution in [0.4, 0.5) is 31.1 Å². The van der Waals surface area contributed by atoms with Crippen LogP contribution in [0.3, 0.4) is 0 Å². The largest absolute Gasteiger partial charge is 0.444 e. The van der Waals surface area contributed by atoms with Crippen molar-refractivity contribution in [2.24, 2.45) is 5.92 Å². The maximum Gasteiger partial charge on any atom is 0.407 e. The zero-order valence-electron chi connectivity index (χ0n) is 10.9. The van der Waals surface area contributed by atoms with Crippen LogP contribution in [-0.2, 0) is 4.74 Å². The van der Waals surface area contributed by atoms with Gasteiger partial charge < -0.3 is 15.2 Å². The Balaban J connectivity index is 5.09. The van der Waals surface area contributed by atoms with E-state index in [1.165, 1.54) is 26.1 Å². The third-order valence-corrected chi connectivity index (χ3v) is 2.01. The molecule has 2 N–H and O–H groups in total. The highest BCUT2D eigenvalue weighted by molar-refractivity contribution is 5.68. The number of halogens is 6. The minimum Gasteiger partial charge on any atom is -0.444 e. The molecule has 0 heterocycles. The molecule has 20 heavy (non-hydrogen) atoms. The summed E-state index contributed by atoms with van der Waals surface area (Å²) in [6.07, 6.45) is -12.8. The lowest BCUT2D eigenvalue weighted by Gasteiger charge is -2.30. The van der Waals surface area contributed by atoms with Crippen molar-refractivity contribution in [2.75, 3.05) is 6.61 Å². The maximum absolute atomic E-state index is 12.4. The summed E-state index contributed by atoms with van der Waals surface area (Å²) in [6, 6.07) is -2.58. The third-order valence-electron chi connectivity index (χ3n) is 2.01. The first kappa shape index (κ1) is 18.8. The van der Waals surface area contributed by atoms with Crippen molar-refractivity contribution in [1.82, 2.24) is 5.32 Å².